The van der Waals surface area contributed by atoms with Crippen LogP contribution in [-0.2, 0) is 17.6 Å². The van der Waals surface area contributed by atoms with Gasteiger partial charge >= 0.3 is 0 Å². The molecule has 1 atom stereocenters. The van der Waals surface area contributed by atoms with Crippen LogP contribution in [0.5, 0.6) is 0 Å². The molecular weight excluding hydrogens is 266 g/mol. The van der Waals surface area contributed by atoms with E-state index >= 15 is 0 Å². The number of benzene rings is 1. The van der Waals surface area contributed by atoms with Gasteiger partial charge in [0.05, 0.1) is 0 Å². The third kappa shape index (κ3) is 2.47. The van der Waals surface area contributed by atoms with Gasteiger partial charge in [-0.05, 0) is 35.7 Å². The normalized spacial score (nSPS) is 16.0. The first-order chi connectivity index (χ1) is 10.1. The minimum absolute atomic E-state index is 0.134. The van der Waals surface area contributed by atoms with Gasteiger partial charge < -0.3 is 14.4 Å². The van der Waals surface area contributed by atoms with E-state index in [2.05, 4.69) is 0 Å². The van der Waals surface area contributed by atoms with E-state index in [1.165, 1.54) is 0 Å². The van der Waals surface area contributed by atoms with E-state index in [0.29, 0.717) is 12.2 Å². The molecule has 1 aliphatic heterocycles. The van der Waals surface area contributed by atoms with Crippen LogP contribution in [0.15, 0.2) is 34.7 Å². The zero-order valence-corrected chi connectivity index (χ0v) is 12.3. The van der Waals surface area contributed by atoms with Gasteiger partial charge in [-0.1, -0.05) is 19.1 Å². The van der Waals surface area contributed by atoms with Crippen molar-refractivity contribution in [3.63, 3.8) is 0 Å². The monoisotopic (exact) mass is 285 g/mol. The second-order valence-corrected chi connectivity index (χ2v) is 5.40. The summed E-state index contributed by atoms with van der Waals surface area (Å²) in [6.07, 6.45) is 1.28. The van der Waals surface area contributed by atoms with E-state index < -0.39 is 6.10 Å². The summed E-state index contributed by atoms with van der Waals surface area (Å²) in [5, 5.41) is 10.4. The van der Waals surface area contributed by atoms with Gasteiger partial charge in [0.15, 0.2) is 0 Å². The largest absolute Gasteiger partial charge is 0.463 e. The van der Waals surface area contributed by atoms with Crippen LogP contribution in [-0.4, -0.2) is 18.1 Å². The molecule has 0 fully saturated rings. The molecule has 4 nitrogen and oxygen atoms in total. The van der Waals surface area contributed by atoms with Crippen molar-refractivity contribution in [1.82, 2.24) is 0 Å². The lowest BCUT2D eigenvalue weighted by Crippen LogP contribution is -2.31. The number of anilines is 1. The van der Waals surface area contributed by atoms with Crippen LogP contribution in [0.1, 0.15) is 42.1 Å². The Kier molecular flexibility index (Phi) is 3.55. The van der Waals surface area contributed by atoms with E-state index in [9.17, 15) is 9.90 Å². The summed E-state index contributed by atoms with van der Waals surface area (Å²) in [5.74, 6) is 1.56. The number of furan rings is 1. The van der Waals surface area contributed by atoms with Crippen LogP contribution in [0, 0.1) is 0 Å². The number of carbonyl (C=O) groups excluding carboxylic acids is 1. The Bertz CT molecular complexity index is 674. The molecule has 1 amide bonds. The number of amides is 1. The molecule has 0 radical (unpaired) electrons. The average molecular weight is 285 g/mol. The molecule has 4 heteroatoms. The lowest BCUT2D eigenvalue weighted by molar-refractivity contribution is -0.118. The highest BCUT2D eigenvalue weighted by atomic mass is 16.4. The SMILES string of the molecule is CCc1ccc(C(O)c2ccc3c(c2)CCC(=O)N3C)o1. The fourth-order valence-electron chi connectivity index (χ4n) is 2.74. The van der Waals surface area contributed by atoms with Gasteiger partial charge in [-0.25, -0.2) is 0 Å². The summed E-state index contributed by atoms with van der Waals surface area (Å²) in [4.78, 5) is 13.4. The summed E-state index contributed by atoms with van der Waals surface area (Å²) in [7, 11) is 1.79. The molecule has 0 saturated carbocycles. The van der Waals surface area contributed by atoms with Crippen molar-refractivity contribution in [3.8, 4) is 0 Å². The van der Waals surface area contributed by atoms with Gasteiger partial charge in [0, 0.05) is 25.6 Å². The number of carbonyl (C=O) groups is 1. The summed E-state index contributed by atoms with van der Waals surface area (Å²) < 4.78 is 5.62. The lowest BCUT2D eigenvalue weighted by atomic mass is 9.96. The van der Waals surface area contributed by atoms with Crippen molar-refractivity contribution in [2.24, 2.45) is 0 Å². The molecule has 0 saturated heterocycles. The van der Waals surface area contributed by atoms with E-state index in [-0.39, 0.29) is 5.91 Å². The van der Waals surface area contributed by atoms with Crippen LogP contribution in [0.3, 0.4) is 0 Å². The smallest absolute Gasteiger partial charge is 0.227 e. The van der Waals surface area contributed by atoms with Crippen molar-refractivity contribution in [2.45, 2.75) is 32.3 Å². The number of fused-ring (bicyclic) bond motifs is 1. The van der Waals surface area contributed by atoms with Gasteiger partial charge in [-0.3, -0.25) is 4.79 Å². The predicted molar refractivity (Wildman–Crippen MR) is 80.3 cm³/mol. The minimum Gasteiger partial charge on any atom is -0.463 e. The maximum absolute atomic E-state index is 11.7. The van der Waals surface area contributed by atoms with E-state index in [0.717, 1.165) is 35.4 Å². The molecule has 1 aromatic carbocycles. The maximum atomic E-state index is 11.7. The Morgan fingerprint density at radius 3 is 2.81 bits per heavy atom. The minimum atomic E-state index is -0.765. The van der Waals surface area contributed by atoms with Crippen LogP contribution >= 0.6 is 0 Å². The molecule has 2 heterocycles. The highest BCUT2D eigenvalue weighted by Crippen LogP contribution is 2.31. The Morgan fingerprint density at radius 1 is 1.29 bits per heavy atom. The average Bonchev–Trinajstić information content (AvgIpc) is 2.99. The zero-order chi connectivity index (χ0) is 15.0. The Labute approximate surface area is 124 Å². The molecule has 0 bridgehead atoms. The number of aliphatic hydroxyl groups excluding tert-OH is 1. The molecular formula is C17H19NO3. The van der Waals surface area contributed by atoms with E-state index in [4.69, 9.17) is 4.42 Å². The molecule has 1 unspecified atom stereocenters. The van der Waals surface area contributed by atoms with Crippen LogP contribution in [0.4, 0.5) is 5.69 Å². The fraction of sp³-hybridized carbons (Fsp3) is 0.353. The molecule has 1 aliphatic rings. The standard InChI is InChI=1S/C17H19NO3/c1-3-13-6-8-15(21-13)17(20)12-4-7-14-11(10-12)5-9-16(19)18(14)2/h4,6-8,10,17,20H,3,5,9H2,1-2H3. The number of hydrogen-bond acceptors (Lipinski definition) is 3. The summed E-state index contributed by atoms with van der Waals surface area (Å²) >= 11 is 0. The third-order valence-electron chi connectivity index (χ3n) is 4.06. The van der Waals surface area contributed by atoms with E-state index in [1.807, 2.05) is 37.3 Å². The van der Waals surface area contributed by atoms with Crippen LogP contribution in [0.2, 0.25) is 0 Å². The Balaban J connectivity index is 1.91. The van der Waals surface area contributed by atoms with Gasteiger partial charge in [-0.15, -0.1) is 0 Å². The number of aryl methyl sites for hydroxylation is 2. The first-order valence-corrected chi connectivity index (χ1v) is 7.26. The summed E-state index contributed by atoms with van der Waals surface area (Å²) in [6.45, 7) is 2.01. The van der Waals surface area contributed by atoms with E-state index in [1.54, 1.807) is 11.9 Å². The second-order valence-electron chi connectivity index (χ2n) is 5.40. The summed E-state index contributed by atoms with van der Waals surface area (Å²) in [6, 6.07) is 9.43. The van der Waals surface area contributed by atoms with Crippen molar-refractivity contribution in [1.29, 1.82) is 0 Å². The zero-order valence-electron chi connectivity index (χ0n) is 12.3. The van der Waals surface area contributed by atoms with Crippen molar-refractivity contribution in [3.05, 3.63) is 53.0 Å². The first kappa shape index (κ1) is 13.9. The van der Waals surface area contributed by atoms with Crippen LogP contribution < -0.4 is 4.90 Å². The molecule has 1 aromatic heterocycles. The van der Waals surface area contributed by atoms with Crippen LogP contribution in [0.25, 0.3) is 0 Å². The Hall–Kier alpha value is -2.07. The van der Waals surface area contributed by atoms with Crippen molar-refractivity contribution < 1.29 is 14.3 Å². The Morgan fingerprint density at radius 2 is 2.10 bits per heavy atom. The molecule has 0 spiro atoms. The number of aliphatic hydroxyl groups is 1. The van der Waals surface area contributed by atoms with Gasteiger partial charge in [0.2, 0.25) is 5.91 Å². The molecule has 0 aliphatic carbocycles. The quantitative estimate of drug-likeness (QED) is 0.943. The topological polar surface area (TPSA) is 53.7 Å². The molecule has 110 valence electrons. The van der Waals surface area contributed by atoms with Crippen molar-refractivity contribution in [2.75, 3.05) is 11.9 Å². The third-order valence-corrected chi connectivity index (χ3v) is 4.06. The molecule has 1 N–H and O–H groups in total. The number of nitrogens with zero attached hydrogens (tertiary/aromatic N) is 1. The maximum Gasteiger partial charge on any atom is 0.227 e. The van der Waals surface area contributed by atoms with Gasteiger partial charge in [-0.2, -0.15) is 0 Å². The van der Waals surface area contributed by atoms with Gasteiger partial charge in [0.25, 0.3) is 0 Å². The molecule has 3 rings (SSSR count). The van der Waals surface area contributed by atoms with Crippen molar-refractivity contribution >= 4 is 11.6 Å². The highest BCUT2D eigenvalue weighted by molar-refractivity contribution is 5.95. The molecule has 2 aromatic rings. The predicted octanol–water partition coefficient (Wildman–Crippen LogP) is 2.83. The number of rotatable bonds is 3. The fourth-order valence-corrected chi connectivity index (χ4v) is 2.74. The second kappa shape index (κ2) is 5.37. The number of hydrogen-bond donors (Lipinski definition) is 1. The lowest BCUT2D eigenvalue weighted by Gasteiger charge is -2.26. The molecule has 21 heavy (non-hydrogen) atoms. The van der Waals surface area contributed by atoms with Gasteiger partial charge in [0.1, 0.15) is 17.6 Å². The first-order valence-electron chi connectivity index (χ1n) is 7.26. The summed E-state index contributed by atoms with van der Waals surface area (Å²) in [5.41, 5.74) is 2.82. The highest BCUT2D eigenvalue weighted by Gasteiger charge is 2.23.